The third-order valence-electron chi connectivity index (χ3n) is 5.05. The molecule has 0 aliphatic carbocycles. The van der Waals surface area contributed by atoms with Crippen LogP contribution in [-0.2, 0) is 35.0 Å². The molecule has 0 amide bonds. The summed E-state index contributed by atoms with van der Waals surface area (Å²) in [4.78, 5) is 0. The summed E-state index contributed by atoms with van der Waals surface area (Å²) in [6.45, 7) is 8.26. The number of rotatable bonds is 16. The minimum absolute atomic E-state index is 0.338. The zero-order chi connectivity index (χ0) is 20.6. The largest absolute Gasteiger partial charge is 0.250 e. The number of nitrogens with zero attached hydrogens (tertiary/aromatic N) is 2. The van der Waals surface area contributed by atoms with Gasteiger partial charge in [-0.3, -0.25) is 0 Å². The quantitative estimate of drug-likeness (QED) is 0.224. The van der Waals surface area contributed by atoms with Gasteiger partial charge in [0.25, 0.3) is 9.03 Å². The Bertz CT molecular complexity index is 589. The van der Waals surface area contributed by atoms with Crippen molar-refractivity contribution in [1.29, 1.82) is 0 Å². The SMILES string of the molecule is CCCC[n+]1ccc(CCCO[PH2+]OCCCc2cc[n+](CCCC)cc2)cc1. The van der Waals surface area contributed by atoms with Gasteiger partial charge in [-0.15, -0.1) is 0 Å². The zero-order valence-corrected chi connectivity index (χ0v) is 19.5. The Balaban J connectivity index is 1.45. The van der Waals surface area contributed by atoms with Gasteiger partial charge in [-0.2, -0.15) is 0 Å². The van der Waals surface area contributed by atoms with Gasteiger partial charge in [0.1, 0.15) is 13.1 Å². The van der Waals surface area contributed by atoms with Crippen molar-refractivity contribution >= 4 is 9.03 Å². The lowest BCUT2D eigenvalue weighted by atomic mass is 10.1. The third-order valence-corrected chi connectivity index (χ3v) is 5.80. The molecule has 0 saturated carbocycles. The molecule has 5 heteroatoms. The first kappa shape index (κ1) is 23.9. The minimum atomic E-state index is -0.338. The standard InChI is InChI=1S/C24H40N2O2P/c1-3-5-15-25-17-11-23(12-18-25)9-7-21-27-29-28-22-8-10-24-13-19-26(20-14-24)16-6-4-2/h11-14,17-20H,3-10,15-16,21-22,29H2,1-2H3/q+3. The molecule has 0 aliphatic rings. The molecule has 0 spiro atoms. The second-order valence-electron chi connectivity index (χ2n) is 7.64. The monoisotopic (exact) mass is 419 g/mol. The van der Waals surface area contributed by atoms with E-state index in [4.69, 9.17) is 9.05 Å². The van der Waals surface area contributed by atoms with Crippen molar-refractivity contribution in [1.82, 2.24) is 0 Å². The molecule has 160 valence electrons. The fourth-order valence-electron chi connectivity index (χ4n) is 3.15. The Labute approximate surface area is 179 Å². The molecule has 0 saturated heterocycles. The summed E-state index contributed by atoms with van der Waals surface area (Å²) in [5.41, 5.74) is 2.77. The van der Waals surface area contributed by atoms with E-state index in [1.54, 1.807) is 0 Å². The van der Waals surface area contributed by atoms with Crippen LogP contribution < -0.4 is 9.13 Å². The predicted molar refractivity (Wildman–Crippen MR) is 121 cm³/mol. The molecule has 29 heavy (non-hydrogen) atoms. The molecular weight excluding hydrogens is 379 g/mol. The number of aromatic nitrogens is 2. The molecule has 0 radical (unpaired) electrons. The summed E-state index contributed by atoms with van der Waals surface area (Å²) in [5.74, 6) is 0. The van der Waals surface area contributed by atoms with Crippen molar-refractivity contribution in [2.75, 3.05) is 13.2 Å². The molecule has 0 fully saturated rings. The summed E-state index contributed by atoms with van der Waals surface area (Å²) >= 11 is 0. The van der Waals surface area contributed by atoms with Crippen LogP contribution in [0.2, 0.25) is 0 Å². The fraction of sp³-hybridized carbons (Fsp3) is 0.583. The van der Waals surface area contributed by atoms with Crippen LogP contribution in [0.3, 0.4) is 0 Å². The molecule has 2 aromatic rings. The molecule has 0 aromatic carbocycles. The molecule has 2 rings (SSSR count). The van der Waals surface area contributed by atoms with Crippen LogP contribution in [0.1, 0.15) is 63.5 Å². The van der Waals surface area contributed by atoms with Crippen molar-refractivity contribution in [3.8, 4) is 0 Å². The maximum Gasteiger partial charge on any atom is 0.250 e. The van der Waals surface area contributed by atoms with Crippen LogP contribution in [0.4, 0.5) is 0 Å². The normalized spacial score (nSPS) is 11.1. The molecule has 2 aromatic heterocycles. The molecule has 4 nitrogen and oxygen atoms in total. The Kier molecular flexibility index (Phi) is 12.8. The van der Waals surface area contributed by atoms with Crippen LogP contribution in [0.25, 0.3) is 0 Å². The Morgan fingerprint density at radius 1 is 0.655 bits per heavy atom. The van der Waals surface area contributed by atoms with Gasteiger partial charge in [0, 0.05) is 37.1 Å². The average Bonchev–Trinajstić information content (AvgIpc) is 2.76. The van der Waals surface area contributed by atoms with Crippen molar-refractivity contribution in [3.63, 3.8) is 0 Å². The van der Waals surface area contributed by atoms with E-state index in [1.165, 1.54) is 36.8 Å². The van der Waals surface area contributed by atoms with E-state index in [-0.39, 0.29) is 9.03 Å². The highest BCUT2D eigenvalue weighted by Gasteiger charge is 2.03. The van der Waals surface area contributed by atoms with Crippen molar-refractivity contribution < 1.29 is 18.2 Å². The lowest BCUT2D eigenvalue weighted by molar-refractivity contribution is -0.697. The number of unbranched alkanes of at least 4 members (excludes halogenated alkanes) is 2. The van der Waals surface area contributed by atoms with Gasteiger partial charge < -0.3 is 0 Å². The van der Waals surface area contributed by atoms with Crippen LogP contribution in [0, 0.1) is 0 Å². The van der Waals surface area contributed by atoms with Gasteiger partial charge >= 0.3 is 0 Å². The van der Waals surface area contributed by atoms with Gasteiger partial charge in [-0.1, -0.05) is 26.7 Å². The van der Waals surface area contributed by atoms with Gasteiger partial charge in [0.05, 0.1) is 13.2 Å². The summed E-state index contributed by atoms with van der Waals surface area (Å²) < 4.78 is 15.9. The van der Waals surface area contributed by atoms with Gasteiger partial charge in [0.15, 0.2) is 24.8 Å². The molecule has 0 unspecified atom stereocenters. The lowest BCUT2D eigenvalue weighted by Crippen LogP contribution is -2.32. The second kappa shape index (κ2) is 15.5. The molecule has 0 aliphatic heterocycles. The van der Waals surface area contributed by atoms with Gasteiger partial charge in [-0.25, -0.2) is 18.2 Å². The van der Waals surface area contributed by atoms with Crippen molar-refractivity contribution in [2.45, 2.75) is 78.3 Å². The highest BCUT2D eigenvalue weighted by molar-refractivity contribution is 7.26. The van der Waals surface area contributed by atoms with E-state index in [1.807, 2.05) is 0 Å². The first-order valence-electron chi connectivity index (χ1n) is 11.3. The molecule has 2 heterocycles. The first-order chi connectivity index (χ1) is 14.3. The summed E-state index contributed by atoms with van der Waals surface area (Å²) in [6, 6.07) is 8.92. The van der Waals surface area contributed by atoms with Crippen LogP contribution in [-0.4, -0.2) is 13.2 Å². The molecular formula is C24H40N2O2P+3. The molecule has 0 atom stereocenters. The highest BCUT2D eigenvalue weighted by atomic mass is 31.1. The topological polar surface area (TPSA) is 26.2 Å². The van der Waals surface area contributed by atoms with E-state index in [2.05, 4.69) is 72.0 Å². The second-order valence-corrected chi connectivity index (χ2v) is 8.50. The van der Waals surface area contributed by atoms with Gasteiger partial charge in [-0.05, 0) is 36.8 Å². The molecule has 0 N–H and O–H groups in total. The van der Waals surface area contributed by atoms with E-state index >= 15 is 0 Å². The Morgan fingerprint density at radius 2 is 1.07 bits per heavy atom. The molecule has 0 bridgehead atoms. The summed E-state index contributed by atoms with van der Waals surface area (Å²) in [7, 11) is -0.338. The van der Waals surface area contributed by atoms with Crippen LogP contribution >= 0.6 is 9.03 Å². The Hall–Kier alpha value is -1.35. The van der Waals surface area contributed by atoms with Crippen LogP contribution in [0.15, 0.2) is 49.1 Å². The number of aryl methyl sites for hydroxylation is 4. The number of hydrogen-bond donors (Lipinski definition) is 0. The maximum absolute atomic E-state index is 5.69. The van der Waals surface area contributed by atoms with E-state index in [0.717, 1.165) is 52.0 Å². The summed E-state index contributed by atoms with van der Waals surface area (Å²) in [6.07, 6.45) is 18.0. The minimum Gasteiger partial charge on any atom is -0.212 e. The smallest absolute Gasteiger partial charge is 0.212 e. The fourth-order valence-corrected chi connectivity index (χ4v) is 3.77. The average molecular weight is 420 g/mol. The predicted octanol–water partition coefficient (Wildman–Crippen LogP) is 4.70. The first-order valence-corrected chi connectivity index (χ1v) is 12.3. The summed E-state index contributed by atoms with van der Waals surface area (Å²) in [5, 5.41) is 0. The van der Waals surface area contributed by atoms with E-state index in [9.17, 15) is 0 Å². The van der Waals surface area contributed by atoms with E-state index in [0.29, 0.717) is 0 Å². The number of pyridine rings is 2. The van der Waals surface area contributed by atoms with Crippen molar-refractivity contribution in [2.24, 2.45) is 0 Å². The Morgan fingerprint density at radius 3 is 1.45 bits per heavy atom. The van der Waals surface area contributed by atoms with Gasteiger partial charge in [0.2, 0.25) is 0 Å². The zero-order valence-electron chi connectivity index (χ0n) is 18.4. The number of hydrogen-bond acceptors (Lipinski definition) is 2. The van der Waals surface area contributed by atoms with E-state index < -0.39 is 0 Å². The van der Waals surface area contributed by atoms with Crippen LogP contribution in [0.5, 0.6) is 0 Å². The maximum atomic E-state index is 5.69. The van der Waals surface area contributed by atoms with Crippen molar-refractivity contribution in [3.05, 3.63) is 60.2 Å². The highest BCUT2D eigenvalue weighted by Crippen LogP contribution is 2.15. The lowest BCUT2D eigenvalue weighted by Gasteiger charge is -2.02. The third kappa shape index (κ3) is 10.8.